The number of halogens is 1. The first kappa shape index (κ1) is 76.4. The van der Waals surface area contributed by atoms with Crippen molar-refractivity contribution >= 4 is 104 Å². The van der Waals surface area contributed by atoms with Gasteiger partial charge in [0, 0.05) is 105 Å². The maximum absolute atomic E-state index is 14.6. The molecule has 2 aliphatic rings. The van der Waals surface area contributed by atoms with E-state index in [1.54, 1.807) is 26.8 Å². The van der Waals surface area contributed by atoms with Crippen LogP contribution in [-0.2, 0) is 65.6 Å². The Morgan fingerprint density at radius 1 is 0.553 bits per heavy atom. The third kappa shape index (κ3) is 28.9. The van der Waals surface area contributed by atoms with Gasteiger partial charge in [0.05, 0.1) is 36.3 Å². The molecule has 15 N–H and O–H groups in total. The zero-order valence-corrected chi connectivity index (χ0v) is 55.4. The van der Waals surface area contributed by atoms with Gasteiger partial charge in [0.15, 0.2) is 5.96 Å². The number of fused-ring (bicyclic) bond motifs is 1. The monoisotopic (exact) mass is 1430 g/mol. The fourth-order valence-electron chi connectivity index (χ4n) is 10.9. The summed E-state index contributed by atoms with van der Waals surface area (Å²) in [5, 5.41) is 70.5. The predicted octanol–water partition coefficient (Wildman–Crippen LogP) is -1.06. The Balaban J connectivity index is 1.12. The number of hydrogen-bond donors (Lipinski definition) is 14. The van der Waals surface area contributed by atoms with Crippen molar-refractivity contribution in [2.75, 3.05) is 118 Å². The minimum absolute atomic E-state index is 0.00772. The lowest BCUT2D eigenvalue weighted by molar-refractivity contribution is -0.142. The van der Waals surface area contributed by atoms with Crippen LogP contribution in [0.5, 0.6) is 5.75 Å². The van der Waals surface area contributed by atoms with Crippen molar-refractivity contribution in [3.8, 4) is 5.75 Å². The third-order valence-electron chi connectivity index (χ3n) is 16.1. The topological polar surface area (TPSA) is 431 Å². The molecule has 0 aliphatic carbocycles. The third-order valence-corrected chi connectivity index (χ3v) is 16.9. The van der Waals surface area contributed by atoms with Crippen LogP contribution in [0.3, 0.4) is 0 Å². The zero-order chi connectivity index (χ0) is 68.5. The summed E-state index contributed by atoms with van der Waals surface area (Å²) in [4.78, 5) is 153. The predicted molar refractivity (Wildman–Crippen MR) is 356 cm³/mol. The van der Waals surface area contributed by atoms with E-state index in [4.69, 9.17) is 11.1 Å². The summed E-state index contributed by atoms with van der Waals surface area (Å²) in [5.41, 5.74) is 6.98. The standard InChI is InChI=1S/C63H92IN15O15/c1-75-50(13-9-24-68-53(82)15-4-6-22-67-52(81)14-5-7-23-69-55(84)38-76-26-28-77(39-56(85)86)30-32-79(41-58(89)90)33-31-78(29-27-76)40-57(87)88)61(93)74-47(12-8-25-70-63(65)66)60(92)73-48(20-17-42-16-19-44-10-2-3-11-45(44)34-42)59(91)71-37-54(83)72-49(62(75)94)36-43-18-21-51(80)46(64)35-43/h2-3,10-11,16,18-19,21,34-35,47-50,80H,4-9,12-15,17,20,22-33,36-41H2,1H3,(H,67,81)(H,68,82)(H,69,84)(H,71,91)(H,72,83)(H,73,92)(H,74,93)(H,85,86)(H,87,88)(H,89,90)(H4,65,66,70)/t47-,48-,49+,50+/m0/s1. The largest absolute Gasteiger partial charge is 0.507 e. The molecule has 0 spiro atoms. The molecule has 30 nitrogen and oxygen atoms in total. The van der Waals surface area contributed by atoms with E-state index in [1.807, 2.05) is 70.0 Å². The van der Waals surface area contributed by atoms with Crippen LogP contribution in [0.25, 0.3) is 10.8 Å². The summed E-state index contributed by atoms with van der Waals surface area (Å²) in [6.07, 6.45) is 3.04. The zero-order valence-electron chi connectivity index (χ0n) is 53.3. The number of nitrogens with zero attached hydrogens (tertiary/aromatic N) is 5. The van der Waals surface area contributed by atoms with Crippen molar-refractivity contribution < 1.29 is 73.2 Å². The highest BCUT2D eigenvalue weighted by molar-refractivity contribution is 14.1. The van der Waals surface area contributed by atoms with Gasteiger partial charge in [0.1, 0.15) is 29.9 Å². The number of benzene rings is 3. The number of carboxylic acids is 3. The molecule has 2 saturated heterocycles. The lowest BCUT2D eigenvalue weighted by Gasteiger charge is -2.32. The molecule has 0 aromatic heterocycles. The number of carboxylic acid groups (broad SMARTS) is 3. The highest BCUT2D eigenvalue weighted by Crippen LogP contribution is 2.23. The number of amides is 8. The summed E-state index contributed by atoms with van der Waals surface area (Å²) in [6, 6.07) is 13.4. The van der Waals surface area contributed by atoms with Crippen molar-refractivity contribution in [3.05, 3.63) is 75.4 Å². The van der Waals surface area contributed by atoms with Crippen LogP contribution in [0.4, 0.5) is 0 Å². The molecule has 2 fully saturated rings. The lowest BCUT2D eigenvalue weighted by Crippen LogP contribution is -2.58. The summed E-state index contributed by atoms with van der Waals surface area (Å²) >= 11 is 1.94. The number of likely N-dealkylation sites (N-methyl/N-ethyl adjacent to an activating group) is 1. The molecular formula is C63H92IN15O15. The molecule has 2 heterocycles. The Morgan fingerprint density at radius 3 is 1.60 bits per heavy atom. The van der Waals surface area contributed by atoms with E-state index in [9.17, 15) is 73.2 Å². The van der Waals surface area contributed by atoms with Gasteiger partial charge < -0.3 is 73.6 Å². The first-order valence-corrected chi connectivity index (χ1v) is 32.8. The van der Waals surface area contributed by atoms with Crippen LogP contribution < -0.4 is 48.3 Å². The van der Waals surface area contributed by atoms with E-state index in [-0.39, 0.29) is 166 Å². The fourth-order valence-corrected chi connectivity index (χ4v) is 11.5. The lowest BCUT2D eigenvalue weighted by atomic mass is 10.0. The molecule has 0 radical (unpaired) electrons. The molecule has 8 amide bonds. The molecule has 94 heavy (non-hydrogen) atoms. The molecule has 3 aromatic rings. The van der Waals surface area contributed by atoms with Crippen molar-refractivity contribution in [1.29, 1.82) is 5.41 Å². The molecule has 2 aliphatic heterocycles. The summed E-state index contributed by atoms with van der Waals surface area (Å²) in [5.74, 6) is -7.74. The number of carbonyl (C=O) groups is 11. The fraction of sp³-hybridized carbons (Fsp3) is 0.556. The quantitative estimate of drug-likeness (QED) is 0.0158. The number of phenolic OH excluding ortho intramolecular Hbond substituents is 1. The highest BCUT2D eigenvalue weighted by Gasteiger charge is 2.36. The van der Waals surface area contributed by atoms with Gasteiger partial charge in [-0.3, -0.25) is 77.7 Å². The van der Waals surface area contributed by atoms with E-state index in [1.165, 1.54) is 18.0 Å². The smallest absolute Gasteiger partial charge is 0.317 e. The number of aliphatic carboxylic acids is 3. The Morgan fingerprint density at radius 2 is 1.04 bits per heavy atom. The van der Waals surface area contributed by atoms with E-state index in [0.717, 1.165) is 16.3 Å². The van der Waals surface area contributed by atoms with Crippen LogP contribution in [0.2, 0.25) is 0 Å². The van der Waals surface area contributed by atoms with Gasteiger partial charge >= 0.3 is 17.9 Å². The average Bonchev–Trinajstić information content (AvgIpc) is 1.27. The van der Waals surface area contributed by atoms with Crippen LogP contribution in [0, 0.1) is 8.98 Å². The van der Waals surface area contributed by atoms with Crippen molar-refractivity contribution in [2.24, 2.45) is 5.73 Å². The van der Waals surface area contributed by atoms with Crippen molar-refractivity contribution in [1.82, 2.24) is 67.0 Å². The van der Waals surface area contributed by atoms with Gasteiger partial charge in [-0.05, 0) is 121 Å². The second kappa shape index (κ2) is 40.8. The van der Waals surface area contributed by atoms with Gasteiger partial charge in [-0.1, -0.05) is 48.5 Å². The normalized spacial score (nSPS) is 19.0. The molecule has 31 heteroatoms. The second-order valence-electron chi connectivity index (χ2n) is 23.5. The van der Waals surface area contributed by atoms with Gasteiger partial charge in [0.2, 0.25) is 47.3 Å². The highest BCUT2D eigenvalue weighted by atomic mass is 127. The number of nitrogens with two attached hydrogens (primary N) is 1. The molecule has 3 aromatic carbocycles. The van der Waals surface area contributed by atoms with Crippen molar-refractivity contribution in [3.63, 3.8) is 0 Å². The first-order chi connectivity index (χ1) is 44.9. The number of rotatable bonds is 31. The summed E-state index contributed by atoms with van der Waals surface area (Å²) in [6.45, 7) is 1.55. The number of nitrogens with one attached hydrogen (secondary N) is 9. The molecule has 0 unspecified atom stereocenters. The van der Waals surface area contributed by atoms with Gasteiger partial charge in [-0.25, -0.2) is 0 Å². The number of hydrogen-bond acceptors (Lipinski definition) is 17. The maximum Gasteiger partial charge on any atom is 0.317 e. The molecule has 0 saturated carbocycles. The number of guanidine groups is 1. The Labute approximate surface area is 560 Å². The van der Waals surface area contributed by atoms with Gasteiger partial charge in [-0.2, -0.15) is 0 Å². The summed E-state index contributed by atoms with van der Waals surface area (Å²) in [7, 11) is 1.40. The van der Waals surface area contributed by atoms with Gasteiger partial charge in [0.25, 0.3) is 0 Å². The Hall–Kier alpha value is -8.27. The second-order valence-corrected chi connectivity index (χ2v) is 24.7. The molecule has 516 valence electrons. The van der Waals surface area contributed by atoms with E-state index in [0.29, 0.717) is 60.9 Å². The maximum atomic E-state index is 14.6. The van der Waals surface area contributed by atoms with E-state index in [2.05, 4.69) is 42.5 Å². The van der Waals surface area contributed by atoms with Crippen molar-refractivity contribution in [2.45, 2.75) is 108 Å². The van der Waals surface area contributed by atoms with Crippen LogP contribution in [0.1, 0.15) is 81.8 Å². The minimum Gasteiger partial charge on any atom is -0.507 e. The number of carbonyl (C=O) groups excluding carboxylic acids is 8. The minimum atomic E-state index is -1.27. The van der Waals surface area contributed by atoms with Gasteiger partial charge in [-0.15, -0.1) is 0 Å². The van der Waals surface area contributed by atoms with E-state index >= 15 is 0 Å². The average molecular weight is 1430 g/mol. The van der Waals surface area contributed by atoms with E-state index < -0.39 is 78.2 Å². The molecule has 4 atom stereocenters. The SMILES string of the molecule is CN1C(=O)[C@@H](Cc2ccc(O)c(I)c2)NC(=O)CNC(=O)[C@H](CCc2ccc3ccccc3c2)NC(=O)[C@H](CCCNC(=N)N)NC(=O)[C@H]1CCCNC(=O)CCCCNC(=O)CCCCNC(=O)CN1CCN(CC(=O)O)CCN(CC(=O)O)CCN(CC(=O)O)CC1. The Kier molecular flexibility index (Phi) is 33.1. The summed E-state index contributed by atoms with van der Waals surface area (Å²) < 4.78 is 0.487. The van der Waals surface area contributed by atoms with Crippen LogP contribution >= 0.6 is 22.6 Å². The molecular weight excluding hydrogens is 1330 g/mol. The molecule has 0 bridgehead atoms. The molecule has 5 rings (SSSR count). The van der Waals surface area contributed by atoms with Crippen LogP contribution in [0.15, 0.2) is 60.7 Å². The number of aryl methyl sites for hydroxylation is 1. The number of aromatic hydroxyl groups is 1. The van der Waals surface area contributed by atoms with Crippen LogP contribution in [-0.4, -0.2) is 259 Å². The Bertz CT molecular complexity index is 3060. The number of unbranched alkanes of at least 4 members (excludes halogenated alkanes) is 2. The number of phenols is 1. The first-order valence-electron chi connectivity index (χ1n) is 31.7.